The molecule has 0 spiro atoms. The lowest BCUT2D eigenvalue weighted by Gasteiger charge is -1.91. The van der Waals surface area contributed by atoms with Crippen molar-refractivity contribution in [1.29, 1.82) is 0 Å². The minimum atomic E-state index is 0.418. The van der Waals surface area contributed by atoms with Gasteiger partial charge in [-0.3, -0.25) is 0 Å². The quantitative estimate of drug-likeness (QED) is 0.585. The molecule has 0 aliphatic heterocycles. The summed E-state index contributed by atoms with van der Waals surface area (Å²) in [5.74, 6) is 0. The number of nitrogens with zero attached hydrogens (tertiary/aromatic N) is 1. The second-order valence-electron chi connectivity index (χ2n) is 2.30. The summed E-state index contributed by atoms with van der Waals surface area (Å²) in [5, 5.41) is 1.04. The summed E-state index contributed by atoms with van der Waals surface area (Å²) < 4.78 is 7.32. The number of hydrogen-bond acceptors (Lipinski definition) is 1. The second-order valence-corrected chi connectivity index (χ2v) is 2.30. The fourth-order valence-electron chi connectivity index (χ4n) is 1.03. The lowest BCUT2D eigenvalue weighted by molar-refractivity contribution is 1.31. The van der Waals surface area contributed by atoms with E-state index < -0.39 is 0 Å². The smallest absolute Gasteiger partial charge is 0.137 e. The number of H-pyrrole nitrogens is 1. The summed E-state index contributed by atoms with van der Waals surface area (Å²) in [6.07, 6.45) is 2.16. The van der Waals surface area contributed by atoms with Crippen molar-refractivity contribution in [2.24, 2.45) is 0 Å². The zero-order valence-electron chi connectivity index (χ0n) is 6.68. The SMILES string of the molecule is [3H]c1cc2c(C)ccnc2[nH]1. The van der Waals surface area contributed by atoms with Gasteiger partial charge in [-0.15, -0.1) is 0 Å². The van der Waals surface area contributed by atoms with Gasteiger partial charge in [0.1, 0.15) is 5.65 Å². The summed E-state index contributed by atoms with van der Waals surface area (Å²) in [4.78, 5) is 6.94. The third kappa shape index (κ3) is 0.620. The van der Waals surface area contributed by atoms with E-state index in [2.05, 4.69) is 9.97 Å². The van der Waals surface area contributed by atoms with Gasteiger partial charge in [-0.25, -0.2) is 4.98 Å². The first-order valence-corrected chi connectivity index (χ1v) is 3.18. The van der Waals surface area contributed by atoms with Crippen LogP contribution in [0.25, 0.3) is 11.0 Å². The Kier molecular flexibility index (Phi) is 0.826. The van der Waals surface area contributed by atoms with E-state index in [1.54, 1.807) is 12.3 Å². The van der Waals surface area contributed by atoms with Crippen molar-refractivity contribution in [3.63, 3.8) is 0 Å². The Bertz CT molecular complexity index is 392. The maximum Gasteiger partial charge on any atom is 0.137 e. The first-order valence-electron chi connectivity index (χ1n) is 3.68. The Morgan fingerprint density at radius 1 is 1.60 bits per heavy atom. The molecule has 2 heteroatoms. The van der Waals surface area contributed by atoms with E-state index in [1.807, 2.05) is 13.0 Å². The van der Waals surface area contributed by atoms with Crippen LogP contribution in [0.1, 0.15) is 6.93 Å². The van der Waals surface area contributed by atoms with Crippen LogP contribution in [-0.2, 0) is 0 Å². The van der Waals surface area contributed by atoms with Gasteiger partial charge in [-0.05, 0) is 24.6 Å². The zero-order valence-corrected chi connectivity index (χ0v) is 5.68. The third-order valence-corrected chi connectivity index (χ3v) is 1.62. The molecule has 0 radical (unpaired) electrons. The van der Waals surface area contributed by atoms with Crippen LogP contribution in [0.5, 0.6) is 0 Å². The largest absolute Gasteiger partial charge is 0.346 e. The summed E-state index contributed by atoms with van der Waals surface area (Å²) >= 11 is 0. The molecule has 50 valence electrons. The predicted molar refractivity (Wildman–Crippen MR) is 40.8 cm³/mol. The summed E-state index contributed by atoms with van der Waals surface area (Å²) in [5.41, 5.74) is 1.96. The summed E-state index contributed by atoms with van der Waals surface area (Å²) in [7, 11) is 0. The van der Waals surface area contributed by atoms with Crippen LogP contribution in [0.2, 0.25) is 0 Å². The van der Waals surface area contributed by atoms with Crippen LogP contribution in [0, 0.1) is 6.92 Å². The standard InChI is InChI=1S/C8H8N2/c1-6-2-4-9-8-7(6)3-5-10-8/h2-5H,1H3,(H,9,10)/i5T. The highest BCUT2D eigenvalue weighted by molar-refractivity contribution is 5.78. The maximum atomic E-state index is 7.32. The molecule has 10 heavy (non-hydrogen) atoms. The van der Waals surface area contributed by atoms with Crippen molar-refractivity contribution < 1.29 is 1.37 Å². The van der Waals surface area contributed by atoms with Gasteiger partial charge in [0.25, 0.3) is 0 Å². The highest BCUT2D eigenvalue weighted by atomic mass is 14.8. The molecule has 0 unspecified atom stereocenters. The van der Waals surface area contributed by atoms with E-state index in [0.29, 0.717) is 6.17 Å². The fraction of sp³-hybridized carbons (Fsp3) is 0.125. The molecule has 2 heterocycles. The van der Waals surface area contributed by atoms with Crippen LogP contribution in [0.15, 0.2) is 24.5 Å². The van der Waals surface area contributed by atoms with Crippen molar-refractivity contribution in [3.05, 3.63) is 30.1 Å². The number of pyridine rings is 1. The van der Waals surface area contributed by atoms with Crippen molar-refractivity contribution in [3.8, 4) is 0 Å². The van der Waals surface area contributed by atoms with Gasteiger partial charge in [0.05, 0.1) is 1.37 Å². The molecule has 2 aromatic heterocycles. The van der Waals surface area contributed by atoms with Crippen LogP contribution < -0.4 is 0 Å². The maximum absolute atomic E-state index is 7.32. The molecule has 0 saturated heterocycles. The van der Waals surface area contributed by atoms with Gasteiger partial charge < -0.3 is 4.98 Å². The Morgan fingerprint density at radius 2 is 2.50 bits per heavy atom. The van der Waals surface area contributed by atoms with Gasteiger partial charge >= 0.3 is 0 Å². The van der Waals surface area contributed by atoms with E-state index in [1.165, 1.54) is 0 Å². The molecule has 0 bridgehead atoms. The fourth-order valence-corrected chi connectivity index (χ4v) is 1.03. The normalized spacial score (nSPS) is 11.9. The number of rotatable bonds is 0. The van der Waals surface area contributed by atoms with E-state index in [9.17, 15) is 0 Å². The molecular weight excluding hydrogens is 124 g/mol. The predicted octanol–water partition coefficient (Wildman–Crippen LogP) is 1.87. The molecule has 0 amide bonds. The molecule has 0 aliphatic rings. The summed E-state index contributed by atoms with van der Waals surface area (Å²) in [6, 6.07) is 3.73. The molecule has 2 rings (SSSR count). The Morgan fingerprint density at radius 3 is 3.30 bits per heavy atom. The highest BCUT2D eigenvalue weighted by Gasteiger charge is 1.95. The number of nitrogens with one attached hydrogen (secondary N) is 1. The van der Waals surface area contributed by atoms with Crippen molar-refractivity contribution in [2.45, 2.75) is 6.92 Å². The molecule has 0 atom stereocenters. The molecule has 2 nitrogen and oxygen atoms in total. The lowest BCUT2D eigenvalue weighted by Crippen LogP contribution is -1.77. The molecular formula is C8H8N2. The lowest BCUT2D eigenvalue weighted by atomic mass is 10.2. The molecule has 0 fully saturated rings. The zero-order chi connectivity index (χ0) is 7.84. The van der Waals surface area contributed by atoms with E-state index in [0.717, 1.165) is 16.6 Å². The number of aromatic nitrogens is 2. The van der Waals surface area contributed by atoms with E-state index >= 15 is 0 Å². The van der Waals surface area contributed by atoms with Gasteiger partial charge in [0, 0.05) is 17.8 Å². The number of aromatic amines is 1. The summed E-state index contributed by atoms with van der Waals surface area (Å²) in [6.45, 7) is 2.01. The minimum Gasteiger partial charge on any atom is -0.346 e. The first kappa shape index (κ1) is 4.50. The molecule has 0 aromatic carbocycles. The minimum absolute atomic E-state index is 0.418. The molecule has 0 aliphatic carbocycles. The first-order chi connectivity index (χ1) is 5.27. The third-order valence-electron chi connectivity index (χ3n) is 1.62. The van der Waals surface area contributed by atoms with Crippen molar-refractivity contribution in [2.75, 3.05) is 0 Å². The number of fused-ring (bicyclic) bond motifs is 1. The van der Waals surface area contributed by atoms with E-state index in [-0.39, 0.29) is 0 Å². The number of hydrogen-bond donors (Lipinski definition) is 1. The average molecular weight is 134 g/mol. The van der Waals surface area contributed by atoms with Crippen molar-refractivity contribution in [1.82, 2.24) is 9.97 Å². The van der Waals surface area contributed by atoms with Crippen LogP contribution >= 0.6 is 0 Å². The monoisotopic (exact) mass is 134 g/mol. The number of aryl methyl sites for hydroxylation is 1. The van der Waals surface area contributed by atoms with E-state index in [4.69, 9.17) is 1.37 Å². The van der Waals surface area contributed by atoms with Crippen LogP contribution in [0.3, 0.4) is 0 Å². The van der Waals surface area contributed by atoms with Gasteiger partial charge in [0.15, 0.2) is 0 Å². The van der Waals surface area contributed by atoms with Crippen molar-refractivity contribution >= 4 is 11.0 Å². The topological polar surface area (TPSA) is 28.7 Å². The van der Waals surface area contributed by atoms with Gasteiger partial charge in [-0.1, -0.05) is 0 Å². The van der Waals surface area contributed by atoms with Crippen LogP contribution in [0.4, 0.5) is 0 Å². The van der Waals surface area contributed by atoms with Gasteiger partial charge in [-0.2, -0.15) is 0 Å². The molecule has 0 saturated carbocycles. The molecule has 1 N–H and O–H groups in total. The second kappa shape index (κ2) is 1.84. The van der Waals surface area contributed by atoms with Gasteiger partial charge in [0.2, 0.25) is 0 Å². The Labute approximate surface area is 60.3 Å². The average Bonchev–Trinajstić information content (AvgIpc) is 2.31. The highest BCUT2D eigenvalue weighted by Crippen LogP contribution is 2.12. The van der Waals surface area contributed by atoms with Crippen LogP contribution in [-0.4, -0.2) is 9.97 Å². The Balaban J connectivity index is 2.90. The Hall–Kier alpha value is -1.31. The molecule has 2 aromatic rings.